The predicted molar refractivity (Wildman–Crippen MR) is 99.3 cm³/mol. The van der Waals surface area contributed by atoms with Crippen LogP contribution in [0.4, 0.5) is 0 Å². The molecular formula is C20H13N2O3S-. The molecule has 0 radical (unpaired) electrons. The van der Waals surface area contributed by atoms with Gasteiger partial charge in [0.2, 0.25) is 0 Å². The Balaban J connectivity index is 1.78. The van der Waals surface area contributed by atoms with Gasteiger partial charge in [-0.2, -0.15) is 0 Å². The monoisotopic (exact) mass is 361 g/mol. The number of carboxylic acid groups (broad SMARTS) is 1. The molecule has 0 saturated carbocycles. The van der Waals surface area contributed by atoms with Gasteiger partial charge >= 0.3 is 0 Å². The number of hydrogen-bond acceptors (Lipinski definition) is 5. The second-order valence-electron chi connectivity index (χ2n) is 5.83. The van der Waals surface area contributed by atoms with Gasteiger partial charge in [0.05, 0.1) is 11.4 Å². The van der Waals surface area contributed by atoms with Gasteiger partial charge in [-0.1, -0.05) is 54.6 Å². The Hall–Kier alpha value is -3.25. The lowest BCUT2D eigenvalue weighted by Crippen LogP contribution is -2.24. The lowest BCUT2D eigenvalue weighted by atomic mass is 10.0. The highest BCUT2D eigenvalue weighted by molar-refractivity contribution is 7.17. The third kappa shape index (κ3) is 2.91. The van der Waals surface area contributed by atoms with Crippen molar-refractivity contribution in [1.29, 1.82) is 0 Å². The number of nitrogens with zero attached hydrogens (tertiary/aromatic N) is 1. The van der Waals surface area contributed by atoms with E-state index in [2.05, 4.69) is 9.97 Å². The molecule has 0 aliphatic carbocycles. The Labute approximate surface area is 152 Å². The Morgan fingerprint density at radius 3 is 2.58 bits per heavy atom. The van der Waals surface area contributed by atoms with Gasteiger partial charge in [0.1, 0.15) is 10.7 Å². The molecule has 0 unspecified atom stereocenters. The van der Waals surface area contributed by atoms with Crippen molar-refractivity contribution in [3.05, 3.63) is 87.3 Å². The van der Waals surface area contributed by atoms with Gasteiger partial charge in [-0.15, -0.1) is 11.3 Å². The maximum atomic E-state index is 12.6. The molecule has 4 aromatic rings. The summed E-state index contributed by atoms with van der Waals surface area (Å²) in [6.07, 6.45) is 0.216. The number of benzene rings is 2. The van der Waals surface area contributed by atoms with E-state index in [-0.39, 0.29) is 17.5 Å². The quantitative estimate of drug-likeness (QED) is 0.605. The number of H-pyrrole nitrogens is 1. The third-order valence-corrected chi connectivity index (χ3v) is 5.05. The minimum Gasteiger partial charge on any atom is -0.545 e. The molecule has 0 bridgehead atoms. The molecule has 0 spiro atoms. The molecule has 0 atom stereocenters. The van der Waals surface area contributed by atoms with Crippen molar-refractivity contribution in [2.45, 2.75) is 6.42 Å². The van der Waals surface area contributed by atoms with Crippen molar-refractivity contribution in [2.75, 3.05) is 0 Å². The third-order valence-electron chi connectivity index (χ3n) is 4.17. The Kier molecular flexibility index (Phi) is 4.10. The van der Waals surface area contributed by atoms with Gasteiger partial charge < -0.3 is 14.9 Å². The molecule has 4 rings (SSSR count). The SMILES string of the molecule is O=C([O-])c1ccccc1Cc1nc2scc(-c3ccccc3)c2c(=O)[nH]1. The molecule has 0 aliphatic rings. The van der Waals surface area contributed by atoms with E-state index in [0.717, 1.165) is 11.1 Å². The number of carbonyl (C=O) groups excluding carboxylic acids is 1. The number of aromatic amines is 1. The van der Waals surface area contributed by atoms with Crippen LogP contribution in [0.1, 0.15) is 21.7 Å². The van der Waals surface area contributed by atoms with Crippen LogP contribution in [-0.4, -0.2) is 15.9 Å². The first kappa shape index (κ1) is 16.2. The summed E-state index contributed by atoms with van der Waals surface area (Å²) >= 11 is 1.40. The number of rotatable bonds is 4. The Bertz CT molecular complexity index is 1160. The van der Waals surface area contributed by atoms with E-state index in [0.29, 0.717) is 21.6 Å². The van der Waals surface area contributed by atoms with Crippen molar-refractivity contribution in [3.8, 4) is 11.1 Å². The number of fused-ring (bicyclic) bond motifs is 1. The zero-order valence-corrected chi connectivity index (χ0v) is 14.4. The fourth-order valence-electron chi connectivity index (χ4n) is 2.96. The van der Waals surface area contributed by atoms with E-state index in [4.69, 9.17) is 0 Å². The molecule has 128 valence electrons. The predicted octanol–water partition coefficient (Wildman–Crippen LogP) is 2.61. The molecule has 0 aliphatic heterocycles. The lowest BCUT2D eigenvalue weighted by Gasteiger charge is -2.09. The van der Waals surface area contributed by atoms with Crippen LogP contribution in [0.25, 0.3) is 21.3 Å². The first-order valence-electron chi connectivity index (χ1n) is 7.98. The molecule has 26 heavy (non-hydrogen) atoms. The summed E-state index contributed by atoms with van der Waals surface area (Å²) in [5.41, 5.74) is 2.24. The first-order valence-corrected chi connectivity index (χ1v) is 8.86. The van der Waals surface area contributed by atoms with Gasteiger partial charge in [-0.25, -0.2) is 4.98 Å². The molecule has 0 amide bonds. The van der Waals surface area contributed by atoms with Gasteiger partial charge in [-0.3, -0.25) is 4.79 Å². The van der Waals surface area contributed by atoms with E-state index in [1.165, 1.54) is 17.4 Å². The number of nitrogens with one attached hydrogen (secondary N) is 1. The molecule has 0 fully saturated rings. The van der Waals surface area contributed by atoms with Crippen LogP contribution in [0, 0.1) is 0 Å². The highest BCUT2D eigenvalue weighted by Crippen LogP contribution is 2.30. The minimum absolute atomic E-state index is 0.103. The summed E-state index contributed by atoms with van der Waals surface area (Å²) in [6, 6.07) is 16.2. The second kappa shape index (κ2) is 6.57. The Morgan fingerprint density at radius 1 is 1.08 bits per heavy atom. The molecule has 6 heteroatoms. The highest BCUT2D eigenvalue weighted by Gasteiger charge is 2.13. The summed E-state index contributed by atoms with van der Waals surface area (Å²) in [5, 5.41) is 13.7. The first-order chi connectivity index (χ1) is 12.6. The van der Waals surface area contributed by atoms with Crippen molar-refractivity contribution in [3.63, 3.8) is 0 Å². The zero-order valence-electron chi connectivity index (χ0n) is 13.6. The maximum absolute atomic E-state index is 12.6. The summed E-state index contributed by atoms with van der Waals surface area (Å²) in [4.78, 5) is 31.8. The van der Waals surface area contributed by atoms with E-state index in [9.17, 15) is 14.7 Å². The van der Waals surface area contributed by atoms with E-state index >= 15 is 0 Å². The standard InChI is InChI=1S/C20H14N2O3S/c23-18-17-15(12-6-2-1-3-7-12)11-26-19(17)22-16(21-18)10-13-8-4-5-9-14(13)20(24)25/h1-9,11H,10H2,(H,24,25)(H,21,22,23)/p-1. The Morgan fingerprint density at radius 2 is 1.81 bits per heavy atom. The number of aromatic nitrogens is 2. The number of carbonyl (C=O) groups is 1. The zero-order chi connectivity index (χ0) is 18.1. The number of carboxylic acids is 1. The van der Waals surface area contributed by atoms with E-state index < -0.39 is 5.97 Å². The summed E-state index contributed by atoms with van der Waals surface area (Å²) in [7, 11) is 0. The van der Waals surface area contributed by atoms with Crippen molar-refractivity contribution < 1.29 is 9.90 Å². The van der Waals surface area contributed by atoms with E-state index in [1.807, 2.05) is 35.7 Å². The lowest BCUT2D eigenvalue weighted by molar-refractivity contribution is -0.255. The van der Waals surface area contributed by atoms with Gasteiger partial charge in [0.25, 0.3) is 5.56 Å². The summed E-state index contributed by atoms with van der Waals surface area (Å²) in [5.74, 6) is -0.816. The number of thiophene rings is 1. The molecule has 5 nitrogen and oxygen atoms in total. The van der Waals surface area contributed by atoms with Crippen molar-refractivity contribution >= 4 is 27.5 Å². The average molecular weight is 361 g/mol. The molecule has 0 saturated heterocycles. The fraction of sp³-hybridized carbons (Fsp3) is 0.0500. The summed E-state index contributed by atoms with van der Waals surface area (Å²) in [6.45, 7) is 0. The largest absolute Gasteiger partial charge is 0.545 e. The molecule has 1 N–H and O–H groups in total. The van der Waals surface area contributed by atoms with Crippen LogP contribution in [0.15, 0.2) is 64.8 Å². The molecular weight excluding hydrogens is 348 g/mol. The maximum Gasteiger partial charge on any atom is 0.260 e. The number of aromatic carboxylic acids is 1. The second-order valence-corrected chi connectivity index (χ2v) is 6.69. The van der Waals surface area contributed by atoms with Crippen molar-refractivity contribution in [2.24, 2.45) is 0 Å². The molecule has 2 aromatic heterocycles. The molecule has 2 aromatic carbocycles. The van der Waals surface area contributed by atoms with Gasteiger partial charge in [0.15, 0.2) is 0 Å². The number of hydrogen-bond donors (Lipinski definition) is 1. The van der Waals surface area contributed by atoms with Crippen LogP contribution in [-0.2, 0) is 6.42 Å². The average Bonchev–Trinajstić information content (AvgIpc) is 3.07. The fourth-order valence-corrected chi connectivity index (χ4v) is 3.93. The van der Waals surface area contributed by atoms with Gasteiger partial charge in [0, 0.05) is 22.9 Å². The topological polar surface area (TPSA) is 85.9 Å². The van der Waals surface area contributed by atoms with Crippen LogP contribution in [0.3, 0.4) is 0 Å². The molecule has 2 heterocycles. The smallest absolute Gasteiger partial charge is 0.260 e. The normalized spacial score (nSPS) is 10.9. The van der Waals surface area contributed by atoms with Crippen LogP contribution >= 0.6 is 11.3 Å². The van der Waals surface area contributed by atoms with Gasteiger partial charge in [-0.05, 0) is 11.1 Å². The van der Waals surface area contributed by atoms with Crippen LogP contribution < -0.4 is 10.7 Å². The minimum atomic E-state index is -1.24. The highest BCUT2D eigenvalue weighted by atomic mass is 32.1. The summed E-state index contributed by atoms with van der Waals surface area (Å²) < 4.78 is 0. The van der Waals surface area contributed by atoms with Crippen molar-refractivity contribution in [1.82, 2.24) is 9.97 Å². The van der Waals surface area contributed by atoms with Crippen LogP contribution in [0.5, 0.6) is 0 Å². The van der Waals surface area contributed by atoms with Crippen LogP contribution in [0.2, 0.25) is 0 Å². The van der Waals surface area contributed by atoms with E-state index in [1.54, 1.807) is 18.2 Å².